The maximum Gasteiger partial charge on any atom is 0.0761 e. The number of halogens is 1. The first-order chi connectivity index (χ1) is 9.06. The molecule has 0 amide bonds. The van der Waals surface area contributed by atoms with E-state index in [0.29, 0.717) is 0 Å². The molecule has 2 aromatic carbocycles. The molecule has 0 radical (unpaired) electrons. The fourth-order valence-corrected chi connectivity index (χ4v) is 2.23. The Morgan fingerprint density at radius 2 is 1.63 bits per heavy atom. The molecule has 0 saturated carbocycles. The molecule has 1 unspecified atom stereocenters. The van der Waals surface area contributed by atoms with Gasteiger partial charge in [-0.1, -0.05) is 40.2 Å². The van der Waals surface area contributed by atoms with Crippen molar-refractivity contribution < 1.29 is 5.11 Å². The minimum absolute atomic E-state index is 0.411. The molecule has 2 nitrogen and oxygen atoms in total. The molecular weight excluding hydrogens is 302 g/mol. The Morgan fingerprint density at radius 3 is 2.16 bits per heavy atom. The Bertz CT molecular complexity index is 519. The van der Waals surface area contributed by atoms with Gasteiger partial charge in [-0.3, -0.25) is 0 Å². The van der Waals surface area contributed by atoms with E-state index in [9.17, 15) is 5.11 Å². The van der Waals surface area contributed by atoms with Gasteiger partial charge in [-0.2, -0.15) is 0 Å². The first-order valence-corrected chi connectivity index (χ1v) is 7.09. The minimum atomic E-state index is -0.411. The van der Waals surface area contributed by atoms with Crippen LogP contribution in [0.5, 0.6) is 0 Å². The van der Waals surface area contributed by atoms with Gasteiger partial charge in [0, 0.05) is 23.8 Å². The highest BCUT2D eigenvalue weighted by Crippen LogP contribution is 2.20. The van der Waals surface area contributed by atoms with Crippen molar-refractivity contribution in [3.63, 3.8) is 0 Å². The van der Waals surface area contributed by atoms with Crippen LogP contribution in [-0.2, 0) is 6.54 Å². The van der Waals surface area contributed by atoms with Gasteiger partial charge >= 0.3 is 0 Å². The summed E-state index contributed by atoms with van der Waals surface area (Å²) < 4.78 is 1.10. The molecule has 0 spiro atoms. The van der Waals surface area contributed by atoms with Crippen molar-refractivity contribution in [1.82, 2.24) is 0 Å². The Labute approximate surface area is 122 Å². The summed E-state index contributed by atoms with van der Waals surface area (Å²) in [4.78, 5) is 2.19. The summed E-state index contributed by atoms with van der Waals surface area (Å²) in [6.07, 6.45) is -0.411. The van der Waals surface area contributed by atoms with Gasteiger partial charge in [0.05, 0.1) is 6.10 Å². The van der Waals surface area contributed by atoms with Crippen LogP contribution >= 0.6 is 15.9 Å². The zero-order valence-corrected chi connectivity index (χ0v) is 12.8. The fourth-order valence-electron chi connectivity index (χ4n) is 1.96. The summed E-state index contributed by atoms with van der Waals surface area (Å²) in [5.74, 6) is 0. The Balaban J connectivity index is 2.07. The maximum atomic E-state index is 9.50. The predicted molar refractivity (Wildman–Crippen MR) is 83.3 cm³/mol. The lowest BCUT2D eigenvalue weighted by atomic mass is 10.1. The predicted octanol–water partition coefficient (Wildman–Crippen LogP) is 4.14. The summed E-state index contributed by atoms with van der Waals surface area (Å²) in [7, 11) is 2.07. The quantitative estimate of drug-likeness (QED) is 0.915. The standard InChI is InChI=1S/C16H18BrNO/c1-12(19)14-5-9-16(10-6-14)18(2)11-13-3-7-15(17)8-4-13/h3-10,12,19H,11H2,1-2H3. The monoisotopic (exact) mass is 319 g/mol. The van der Waals surface area contributed by atoms with Crippen LogP contribution in [0.25, 0.3) is 0 Å². The smallest absolute Gasteiger partial charge is 0.0761 e. The van der Waals surface area contributed by atoms with E-state index >= 15 is 0 Å². The van der Waals surface area contributed by atoms with Gasteiger partial charge < -0.3 is 10.0 Å². The number of anilines is 1. The van der Waals surface area contributed by atoms with Gasteiger partial charge in [-0.25, -0.2) is 0 Å². The Morgan fingerprint density at radius 1 is 1.05 bits per heavy atom. The second-order valence-corrected chi connectivity index (χ2v) is 5.67. The van der Waals surface area contributed by atoms with E-state index in [1.54, 1.807) is 6.92 Å². The summed E-state index contributed by atoms with van der Waals surface area (Å²) in [5, 5.41) is 9.50. The summed E-state index contributed by atoms with van der Waals surface area (Å²) >= 11 is 3.44. The van der Waals surface area contributed by atoms with Crippen molar-refractivity contribution in [3.8, 4) is 0 Å². The third kappa shape index (κ3) is 3.82. The molecule has 0 aliphatic rings. The van der Waals surface area contributed by atoms with Crippen LogP contribution in [0.4, 0.5) is 5.69 Å². The van der Waals surface area contributed by atoms with E-state index in [1.165, 1.54) is 5.56 Å². The topological polar surface area (TPSA) is 23.5 Å². The molecule has 1 atom stereocenters. The minimum Gasteiger partial charge on any atom is -0.389 e. The molecule has 3 heteroatoms. The van der Waals surface area contributed by atoms with E-state index in [0.717, 1.165) is 22.3 Å². The lowest BCUT2D eigenvalue weighted by Crippen LogP contribution is -2.16. The van der Waals surface area contributed by atoms with Crippen molar-refractivity contribution in [2.75, 3.05) is 11.9 Å². The van der Waals surface area contributed by atoms with Crippen LogP contribution in [0.2, 0.25) is 0 Å². The van der Waals surface area contributed by atoms with Gasteiger partial charge in [0.2, 0.25) is 0 Å². The average molecular weight is 320 g/mol. The molecule has 1 N–H and O–H groups in total. The number of aliphatic hydroxyl groups is 1. The molecule has 0 aliphatic carbocycles. The first kappa shape index (κ1) is 14.1. The third-order valence-corrected chi connectivity index (χ3v) is 3.68. The summed E-state index contributed by atoms with van der Waals surface area (Å²) in [6, 6.07) is 16.4. The third-order valence-electron chi connectivity index (χ3n) is 3.15. The van der Waals surface area contributed by atoms with E-state index in [4.69, 9.17) is 0 Å². The second-order valence-electron chi connectivity index (χ2n) is 4.75. The average Bonchev–Trinajstić information content (AvgIpc) is 2.41. The van der Waals surface area contributed by atoms with Crippen molar-refractivity contribution in [1.29, 1.82) is 0 Å². The van der Waals surface area contributed by atoms with Crippen LogP contribution in [0.15, 0.2) is 53.0 Å². The first-order valence-electron chi connectivity index (χ1n) is 6.30. The van der Waals surface area contributed by atoms with E-state index < -0.39 is 6.10 Å². The summed E-state index contributed by atoms with van der Waals surface area (Å²) in [5.41, 5.74) is 3.36. The summed E-state index contributed by atoms with van der Waals surface area (Å²) in [6.45, 7) is 2.64. The molecule has 0 heterocycles. The highest BCUT2D eigenvalue weighted by atomic mass is 79.9. The van der Waals surface area contributed by atoms with Crippen molar-refractivity contribution in [3.05, 3.63) is 64.1 Å². The maximum absolute atomic E-state index is 9.50. The number of nitrogens with zero attached hydrogens (tertiary/aromatic N) is 1. The molecule has 0 fully saturated rings. The normalized spacial score (nSPS) is 12.2. The zero-order valence-electron chi connectivity index (χ0n) is 11.2. The van der Waals surface area contributed by atoms with Gasteiger partial charge in [0.1, 0.15) is 0 Å². The van der Waals surface area contributed by atoms with E-state index in [1.807, 2.05) is 24.3 Å². The molecule has 19 heavy (non-hydrogen) atoms. The molecule has 0 bridgehead atoms. The lowest BCUT2D eigenvalue weighted by molar-refractivity contribution is 0.199. The van der Waals surface area contributed by atoms with Crippen molar-refractivity contribution >= 4 is 21.6 Å². The van der Waals surface area contributed by atoms with Gasteiger partial charge in [0.15, 0.2) is 0 Å². The van der Waals surface area contributed by atoms with Crippen molar-refractivity contribution in [2.24, 2.45) is 0 Å². The van der Waals surface area contributed by atoms with Gasteiger partial charge in [-0.05, 0) is 42.3 Å². The molecular formula is C16H18BrNO. The fraction of sp³-hybridized carbons (Fsp3) is 0.250. The van der Waals surface area contributed by atoms with Crippen molar-refractivity contribution in [2.45, 2.75) is 19.6 Å². The highest BCUT2D eigenvalue weighted by molar-refractivity contribution is 9.10. The van der Waals surface area contributed by atoms with E-state index in [-0.39, 0.29) is 0 Å². The van der Waals surface area contributed by atoms with Crippen LogP contribution < -0.4 is 4.90 Å². The van der Waals surface area contributed by atoms with Crippen LogP contribution in [0.1, 0.15) is 24.2 Å². The molecule has 0 aromatic heterocycles. The molecule has 0 aliphatic heterocycles. The molecule has 0 saturated heterocycles. The number of rotatable bonds is 4. The van der Waals surface area contributed by atoms with Gasteiger partial charge in [-0.15, -0.1) is 0 Å². The Kier molecular flexibility index (Phi) is 4.61. The molecule has 2 aromatic rings. The second kappa shape index (κ2) is 6.22. The molecule has 2 rings (SSSR count). The lowest BCUT2D eigenvalue weighted by Gasteiger charge is -2.20. The zero-order chi connectivity index (χ0) is 13.8. The van der Waals surface area contributed by atoms with Gasteiger partial charge in [0.25, 0.3) is 0 Å². The molecule has 100 valence electrons. The SMILES string of the molecule is CC(O)c1ccc(N(C)Cc2ccc(Br)cc2)cc1. The van der Waals surface area contributed by atoms with Crippen LogP contribution in [0, 0.1) is 0 Å². The number of aliphatic hydroxyl groups excluding tert-OH is 1. The van der Waals surface area contributed by atoms with E-state index in [2.05, 4.69) is 52.1 Å². The number of hydrogen-bond donors (Lipinski definition) is 1. The van der Waals surface area contributed by atoms with Crippen LogP contribution in [0.3, 0.4) is 0 Å². The van der Waals surface area contributed by atoms with Crippen LogP contribution in [-0.4, -0.2) is 12.2 Å². The Hall–Kier alpha value is -1.32. The largest absolute Gasteiger partial charge is 0.389 e. The highest BCUT2D eigenvalue weighted by Gasteiger charge is 2.04. The number of benzene rings is 2. The number of hydrogen-bond acceptors (Lipinski definition) is 2.